The van der Waals surface area contributed by atoms with Crippen LogP contribution in [0.4, 0.5) is 4.39 Å². The molecule has 2 N–H and O–H groups in total. The lowest BCUT2D eigenvalue weighted by molar-refractivity contribution is 0.104. The van der Waals surface area contributed by atoms with Crippen molar-refractivity contribution >= 4 is 11.9 Å². The number of halogens is 1. The predicted molar refractivity (Wildman–Crippen MR) is 69.5 cm³/mol. The average molecular weight is 258 g/mol. The molecule has 0 saturated heterocycles. The number of carbonyl (C=O) groups excluding carboxylic acids is 1. The Labute approximate surface area is 109 Å². The molecule has 2 aromatic carbocycles. The van der Waals surface area contributed by atoms with E-state index in [1.54, 1.807) is 12.1 Å². The average Bonchev–Trinajstić information content (AvgIpc) is 2.40. The zero-order valence-electron chi connectivity index (χ0n) is 9.88. The molecule has 0 saturated carbocycles. The Morgan fingerprint density at radius 1 is 1.11 bits per heavy atom. The van der Waals surface area contributed by atoms with Gasteiger partial charge in [-0.2, -0.15) is 0 Å². The first kappa shape index (κ1) is 12.8. The lowest BCUT2D eigenvalue weighted by Gasteiger charge is -2.01. The summed E-state index contributed by atoms with van der Waals surface area (Å²) < 4.78 is 13.3. The minimum absolute atomic E-state index is 0.0346. The van der Waals surface area contributed by atoms with E-state index >= 15 is 0 Å². The van der Waals surface area contributed by atoms with Crippen molar-refractivity contribution in [2.24, 2.45) is 0 Å². The summed E-state index contributed by atoms with van der Waals surface area (Å²) in [5.74, 6) is -1.32. The molecule has 4 heteroatoms. The summed E-state index contributed by atoms with van der Waals surface area (Å²) in [4.78, 5) is 11.8. The molecule has 0 atom stereocenters. The van der Waals surface area contributed by atoms with E-state index in [2.05, 4.69) is 0 Å². The van der Waals surface area contributed by atoms with Crippen LogP contribution in [0.25, 0.3) is 6.08 Å². The van der Waals surface area contributed by atoms with Gasteiger partial charge in [-0.25, -0.2) is 4.39 Å². The van der Waals surface area contributed by atoms with Gasteiger partial charge in [0.1, 0.15) is 17.3 Å². The molecule has 0 aliphatic carbocycles. The Balaban J connectivity index is 2.26. The molecule has 0 radical (unpaired) electrons. The summed E-state index contributed by atoms with van der Waals surface area (Å²) in [6.45, 7) is 0. The third-order valence-corrected chi connectivity index (χ3v) is 2.57. The first-order chi connectivity index (χ1) is 9.08. The highest BCUT2D eigenvalue weighted by atomic mass is 19.1. The molecule has 0 unspecified atom stereocenters. The van der Waals surface area contributed by atoms with Crippen LogP contribution in [0.15, 0.2) is 48.5 Å². The maximum Gasteiger partial charge on any atom is 0.189 e. The topological polar surface area (TPSA) is 57.5 Å². The number of allylic oxidation sites excluding steroid dienone is 1. The number of hydrogen-bond donors (Lipinski definition) is 2. The number of rotatable bonds is 3. The second-order valence-electron chi connectivity index (χ2n) is 3.92. The van der Waals surface area contributed by atoms with Gasteiger partial charge in [0.2, 0.25) is 0 Å². The molecule has 19 heavy (non-hydrogen) atoms. The third kappa shape index (κ3) is 2.98. The van der Waals surface area contributed by atoms with Crippen molar-refractivity contribution in [3.63, 3.8) is 0 Å². The minimum Gasteiger partial charge on any atom is -0.508 e. The van der Waals surface area contributed by atoms with Crippen molar-refractivity contribution in [2.75, 3.05) is 0 Å². The van der Waals surface area contributed by atoms with Gasteiger partial charge in [0.15, 0.2) is 5.78 Å². The summed E-state index contributed by atoms with van der Waals surface area (Å²) in [5, 5.41) is 18.8. The molecule has 96 valence electrons. The van der Waals surface area contributed by atoms with Gasteiger partial charge in [0.05, 0.1) is 5.56 Å². The van der Waals surface area contributed by atoms with Gasteiger partial charge in [-0.3, -0.25) is 4.79 Å². The molecule has 2 rings (SSSR count). The van der Waals surface area contributed by atoms with Crippen LogP contribution < -0.4 is 0 Å². The maximum atomic E-state index is 13.3. The van der Waals surface area contributed by atoms with E-state index < -0.39 is 11.6 Å². The van der Waals surface area contributed by atoms with E-state index in [0.717, 1.165) is 12.1 Å². The second-order valence-corrected chi connectivity index (χ2v) is 3.92. The lowest BCUT2D eigenvalue weighted by atomic mass is 10.1. The first-order valence-electron chi connectivity index (χ1n) is 5.57. The maximum absolute atomic E-state index is 13.3. The summed E-state index contributed by atoms with van der Waals surface area (Å²) in [5.41, 5.74) is 0.239. The smallest absolute Gasteiger partial charge is 0.189 e. The number of aromatic hydroxyl groups is 2. The molecule has 0 amide bonds. The van der Waals surface area contributed by atoms with Crippen LogP contribution >= 0.6 is 0 Å². The zero-order chi connectivity index (χ0) is 13.8. The molecule has 0 aliphatic heterocycles. The molecule has 0 fully saturated rings. The van der Waals surface area contributed by atoms with Crippen LogP contribution in [0.2, 0.25) is 0 Å². The molecule has 0 bridgehead atoms. The summed E-state index contributed by atoms with van der Waals surface area (Å²) in [7, 11) is 0. The van der Waals surface area contributed by atoms with Gasteiger partial charge in [-0.05, 0) is 36.4 Å². The van der Waals surface area contributed by atoms with Crippen LogP contribution in [0, 0.1) is 5.82 Å². The summed E-state index contributed by atoms with van der Waals surface area (Å²) in [6.07, 6.45) is 2.47. The molecular formula is C15H11FO3. The fourth-order valence-electron chi connectivity index (χ4n) is 1.59. The van der Waals surface area contributed by atoms with Gasteiger partial charge in [-0.15, -0.1) is 0 Å². The normalized spacial score (nSPS) is 10.8. The zero-order valence-corrected chi connectivity index (χ0v) is 9.88. The van der Waals surface area contributed by atoms with E-state index in [0.29, 0.717) is 0 Å². The Kier molecular flexibility index (Phi) is 3.61. The van der Waals surface area contributed by atoms with Gasteiger partial charge < -0.3 is 10.2 Å². The van der Waals surface area contributed by atoms with Crippen molar-refractivity contribution in [1.82, 2.24) is 0 Å². The predicted octanol–water partition coefficient (Wildman–Crippen LogP) is 3.13. The van der Waals surface area contributed by atoms with Crippen molar-refractivity contribution in [3.8, 4) is 11.5 Å². The number of phenolic OH excluding ortho intramolecular Hbond substituents is 2. The van der Waals surface area contributed by atoms with Crippen LogP contribution in [-0.2, 0) is 0 Å². The number of hydrogen-bond acceptors (Lipinski definition) is 3. The van der Waals surface area contributed by atoms with E-state index in [4.69, 9.17) is 0 Å². The lowest BCUT2D eigenvalue weighted by Crippen LogP contribution is -1.94. The number of benzene rings is 2. The first-order valence-corrected chi connectivity index (χ1v) is 5.57. The van der Waals surface area contributed by atoms with Crippen molar-refractivity contribution < 1.29 is 19.4 Å². The molecule has 2 aromatic rings. The van der Waals surface area contributed by atoms with Gasteiger partial charge >= 0.3 is 0 Å². The van der Waals surface area contributed by atoms with Crippen LogP contribution in [0.5, 0.6) is 11.5 Å². The monoisotopic (exact) mass is 258 g/mol. The Bertz CT molecular complexity index is 648. The fraction of sp³-hybridized carbons (Fsp3) is 0. The Morgan fingerprint density at radius 2 is 1.84 bits per heavy atom. The molecule has 0 aromatic heterocycles. The largest absolute Gasteiger partial charge is 0.508 e. The quantitative estimate of drug-likeness (QED) is 0.505. The molecule has 0 heterocycles. The number of phenols is 2. The standard InChI is InChI=1S/C15H11FO3/c16-13-4-2-1-3-10(13)5-7-14(18)12-9-11(17)6-8-15(12)19/h1-9,17,19H. The van der Waals surface area contributed by atoms with E-state index in [1.807, 2.05) is 0 Å². The molecule has 3 nitrogen and oxygen atoms in total. The van der Waals surface area contributed by atoms with E-state index in [-0.39, 0.29) is 22.6 Å². The minimum atomic E-state index is -0.517. The van der Waals surface area contributed by atoms with Gasteiger partial charge in [0.25, 0.3) is 0 Å². The van der Waals surface area contributed by atoms with Crippen molar-refractivity contribution in [2.45, 2.75) is 0 Å². The van der Waals surface area contributed by atoms with Gasteiger partial charge in [0, 0.05) is 5.56 Å². The highest BCUT2D eigenvalue weighted by molar-refractivity contribution is 6.08. The molecule has 0 spiro atoms. The Hall–Kier alpha value is -2.62. The number of ketones is 1. The van der Waals surface area contributed by atoms with Crippen molar-refractivity contribution in [3.05, 3.63) is 65.5 Å². The van der Waals surface area contributed by atoms with Crippen molar-refractivity contribution in [1.29, 1.82) is 0 Å². The second kappa shape index (κ2) is 5.35. The highest BCUT2D eigenvalue weighted by Crippen LogP contribution is 2.23. The fourth-order valence-corrected chi connectivity index (χ4v) is 1.59. The van der Waals surface area contributed by atoms with Crippen LogP contribution in [0.1, 0.15) is 15.9 Å². The van der Waals surface area contributed by atoms with Gasteiger partial charge in [-0.1, -0.05) is 18.2 Å². The molecular weight excluding hydrogens is 247 g/mol. The SMILES string of the molecule is O=C(C=Cc1ccccc1F)c1cc(O)ccc1O. The Morgan fingerprint density at radius 3 is 2.58 bits per heavy atom. The van der Waals surface area contributed by atoms with Crippen LogP contribution in [-0.4, -0.2) is 16.0 Å². The number of carbonyl (C=O) groups is 1. The summed E-state index contributed by atoms with van der Waals surface area (Å²) >= 11 is 0. The highest BCUT2D eigenvalue weighted by Gasteiger charge is 2.09. The van der Waals surface area contributed by atoms with E-state index in [1.165, 1.54) is 30.3 Å². The molecule has 0 aliphatic rings. The van der Waals surface area contributed by atoms with E-state index in [9.17, 15) is 19.4 Å². The van der Waals surface area contributed by atoms with Crippen LogP contribution in [0.3, 0.4) is 0 Å². The summed E-state index contributed by atoms with van der Waals surface area (Å²) in [6, 6.07) is 9.67. The third-order valence-electron chi connectivity index (χ3n) is 2.57.